The van der Waals surface area contributed by atoms with Crippen molar-refractivity contribution in [3.8, 4) is 0 Å². The van der Waals surface area contributed by atoms with E-state index in [0.717, 1.165) is 6.42 Å². The number of halogens is 3. The van der Waals surface area contributed by atoms with Gasteiger partial charge in [-0.2, -0.15) is 0 Å². The number of esters is 1. The van der Waals surface area contributed by atoms with E-state index >= 15 is 0 Å². The molecule has 0 aromatic rings. The predicted octanol–water partition coefficient (Wildman–Crippen LogP) is 4.18. The molecule has 0 aromatic carbocycles. The van der Waals surface area contributed by atoms with Gasteiger partial charge >= 0.3 is 5.97 Å². The lowest BCUT2D eigenvalue weighted by Gasteiger charge is -1.95. The van der Waals surface area contributed by atoms with Gasteiger partial charge in [0.25, 0.3) is 0 Å². The van der Waals surface area contributed by atoms with Crippen molar-refractivity contribution in [3.63, 3.8) is 0 Å². The van der Waals surface area contributed by atoms with Gasteiger partial charge in [-0.25, -0.2) is 0 Å². The van der Waals surface area contributed by atoms with E-state index in [1.54, 1.807) is 13.8 Å². The number of alkyl halides is 3. The SMILES string of the molecule is CC(=O)CC(C)C.CCOC(C)=O.ClC(Cl)Cl. The molecule has 0 unspecified atom stereocenters. The van der Waals surface area contributed by atoms with Crippen LogP contribution >= 0.6 is 34.8 Å². The van der Waals surface area contributed by atoms with E-state index in [-0.39, 0.29) is 11.8 Å². The van der Waals surface area contributed by atoms with Gasteiger partial charge in [0.05, 0.1) is 6.61 Å². The normalized spacial score (nSPS) is 8.82. The Bertz CT molecular complexity index is 192. The van der Waals surface area contributed by atoms with Crippen LogP contribution in [0, 0.1) is 5.92 Å². The molecule has 0 rings (SSSR count). The molecule has 0 heterocycles. The Morgan fingerprint density at radius 3 is 1.47 bits per heavy atom. The van der Waals surface area contributed by atoms with Gasteiger partial charge in [0.15, 0.2) is 4.30 Å². The maximum absolute atomic E-state index is 10.3. The zero-order chi connectivity index (χ0) is 14.4. The first-order valence-electron chi connectivity index (χ1n) is 5.18. The van der Waals surface area contributed by atoms with Crippen LogP contribution in [0.2, 0.25) is 0 Å². The third kappa shape index (κ3) is 63.9. The Morgan fingerprint density at radius 2 is 1.47 bits per heavy atom. The summed E-state index contributed by atoms with van der Waals surface area (Å²) in [5.41, 5.74) is 0. The van der Waals surface area contributed by atoms with E-state index in [1.807, 2.05) is 13.8 Å². The second kappa shape index (κ2) is 16.0. The van der Waals surface area contributed by atoms with Gasteiger partial charge in [-0.15, -0.1) is 0 Å². The van der Waals surface area contributed by atoms with E-state index in [2.05, 4.69) is 4.74 Å². The molecule has 0 saturated heterocycles. The molecular weight excluding hydrogens is 286 g/mol. The highest BCUT2D eigenvalue weighted by Crippen LogP contribution is 2.03. The van der Waals surface area contributed by atoms with Crippen molar-refractivity contribution in [2.24, 2.45) is 5.92 Å². The number of ketones is 1. The van der Waals surface area contributed by atoms with Crippen molar-refractivity contribution in [1.82, 2.24) is 0 Å². The van der Waals surface area contributed by atoms with Crippen LogP contribution in [-0.2, 0) is 14.3 Å². The fourth-order valence-corrected chi connectivity index (χ4v) is 0.778. The van der Waals surface area contributed by atoms with Gasteiger partial charge in [0.1, 0.15) is 5.78 Å². The smallest absolute Gasteiger partial charge is 0.302 e. The highest BCUT2D eigenvalue weighted by atomic mass is 35.6. The molecule has 6 heteroatoms. The predicted molar refractivity (Wildman–Crippen MR) is 73.8 cm³/mol. The second-order valence-corrected chi connectivity index (χ2v) is 5.45. The molecule has 0 bridgehead atoms. The molecule has 0 spiro atoms. The summed E-state index contributed by atoms with van der Waals surface area (Å²) in [5.74, 6) is 0.602. The van der Waals surface area contributed by atoms with Crippen LogP contribution < -0.4 is 0 Å². The third-order valence-electron chi connectivity index (χ3n) is 1.04. The van der Waals surface area contributed by atoms with Gasteiger partial charge in [-0.3, -0.25) is 4.79 Å². The molecule has 0 amide bonds. The van der Waals surface area contributed by atoms with Crippen molar-refractivity contribution >= 4 is 46.6 Å². The first-order valence-corrected chi connectivity index (χ1v) is 6.49. The lowest BCUT2D eigenvalue weighted by atomic mass is 10.1. The Morgan fingerprint density at radius 1 is 1.12 bits per heavy atom. The summed E-state index contributed by atoms with van der Waals surface area (Å²) in [6.07, 6.45) is 0.722. The van der Waals surface area contributed by atoms with Crippen LogP contribution in [0.25, 0.3) is 0 Å². The molecule has 0 N–H and O–H groups in total. The highest BCUT2D eigenvalue weighted by molar-refractivity contribution is 6.63. The molecule has 0 aliphatic heterocycles. The van der Waals surface area contributed by atoms with Crippen molar-refractivity contribution < 1.29 is 14.3 Å². The minimum absolute atomic E-state index is 0.211. The van der Waals surface area contributed by atoms with Crippen molar-refractivity contribution in [3.05, 3.63) is 0 Å². The van der Waals surface area contributed by atoms with Crippen LogP contribution in [0.5, 0.6) is 0 Å². The first-order chi connectivity index (χ1) is 7.63. The largest absolute Gasteiger partial charge is 0.466 e. The molecular formula is C11H21Cl3O3. The maximum Gasteiger partial charge on any atom is 0.302 e. The molecule has 0 radical (unpaired) electrons. The van der Waals surface area contributed by atoms with E-state index in [0.29, 0.717) is 12.5 Å². The number of ether oxygens (including phenoxy) is 1. The van der Waals surface area contributed by atoms with Gasteiger partial charge in [-0.05, 0) is 19.8 Å². The maximum atomic E-state index is 10.3. The number of Topliss-reactive ketones (excluding diaryl/α,β-unsaturated/α-hetero) is 1. The number of hydrogen-bond donors (Lipinski definition) is 0. The molecule has 104 valence electrons. The van der Waals surface area contributed by atoms with Crippen LogP contribution in [0.4, 0.5) is 0 Å². The molecule has 0 fully saturated rings. The summed E-state index contributed by atoms with van der Waals surface area (Å²) < 4.78 is 3.65. The number of rotatable bonds is 3. The van der Waals surface area contributed by atoms with E-state index in [9.17, 15) is 9.59 Å². The molecule has 3 nitrogen and oxygen atoms in total. The van der Waals surface area contributed by atoms with Crippen LogP contribution in [0.1, 0.15) is 41.0 Å². The van der Waals surface area contributed by atoms with Crippen LogP contribution in [0.15, 0.2) is 0 Å². The van der Waals surface area contributed by atoms with Gasteiger partial charge in [0.2, 0.25) is 0 Å². The van der Waals surface area contributed by atoms with Gasteiger partial charge < -0.3 is 9.53 Å². The molecule has 0 aliphatic rings. The van der Waals surface area contributed by atoms with Crippen molar-refractivity contribution in [1.29, 1.82) is 0 Å². The van der Waals surface area contributed by atoms with Crippen LogP contribution in [-0.4, -0.2) is 22.7 Å². The summed E-state index contributed by atoms with van der Waals surface area (Å²) >= 11 is 14.4. The second-order valence-electron chi connectivity index (χ2n) is 3.47. The number of hydrogen-bond acceptors (Lipinski definition) is 3. The summed E-state index contributed by atoms with van der Waals surface area (Å²) in [7, 11) is 0. The van der Waals surface area contributed by atoms with Crippen molar-refractivity contribution in [2.75, 3.05) is 6.61 Å². The fraction of sp³-hybridized carbons (Fsp3) is 0.818. The topological polar surface area (TPSA) is 43.4 Å². The highest BCUT2D eigenvalue weighted by Gasteiger charge is 1.95. The minimum atomic E-state index is -0.750. The van der Waals surface area contributed by atoms with Gasteiger partial charge in [0, 0.05) is 13.3 Å². The lowest BCUT2D eigenvalue weighted by Crippen LogP contribution is -1.95. The Kier molecular flexibility index (Phi) is 20.9. The lowest BCUT2D eigenvalue weighted by molar-refractivity contribution is -0.140. The first kappa shape index (κ1) is 22.2. The number of carbonyl (C=O) groups is 2. The molecule has 0 atom stereocenters. The summed E-state index contributed by atoms with van der Waals surface area (Å²) in [6, 6.07) is 0. The summed E-state index contributed by atoms with van der Waals surface area (Å²) in [6.45, 7) is 9.36. The minimum Gasteiger partial charge on any atom is -0.466 e. The zero-order valence-electron chi connectivity index (χ0n) is 10.9. The molecule has 0 aromatic heterocycles. The van der Waals surface area contributed by atoms with Crippen LogP contribution in [0.3, 0.4) is 0 Å². The number of carbonyl (C=O) groups excluding carboxylic acids is 2. The molecule has 0 saturated carbocycles. The van der Waals surface area contributed by atoms with E-state index < -0.39 is 4.30 Å². The van der Waals surface area contributed by atoms with E-state index in [1.165, 1.54) is 6.92 Å². The molecule has 17 heavy (non-hydrogen) atoms. The molecule has 0 aliphatic carbocycles. The third-order valence-corrected chi connectivity index (χ3v) is 1.04. The standard InChI is InChI=1S/C6H12O.C4H8O2.CHCl3/c1-5(2)4-6(3)7;1-3-6-4(2)5;2-1(3)4/h5H,4H2,1-3H3;3H2,1-2H3;1H. The Hall–Kier alpha value is 0.01000. The monoisotopic (exact) mass is 306 g/mol. The average molecular weight is 308 g/mol. The Balaban J connectivity index is -0.000000180. The van der Waals surface area contributed by atoms with Gasteiger partial charge in [-0.1, -0.05) is 48.7 Å². The zero-order valence-corrected chi connectivity index (χ0v) is 13.2. The quantitative estimate of drug-likeness (QED) is 0.580. The average Bonchev–Trinajstić information content (AvgIpc) is 1.99. The Labute approximate surface area is 119 Å². The summed E-state index contributed by atoms with van der Waals surface area (Å²) in [4.78, 5) is 20.1. The van der Waals surface area contributed by atoms with Crippen molar-refractivity contribution in [2.45, 2.75) is 45.3 Å². The fourth-order valence-electron chi connectivity index (χ4n) is 0.778. The summed E-state index contributed by atoms with van der Waals surface area (Å²) in [5, 5.41) is 0. The van der Waals surface area contributed by atoms with E-state index in [4.69, 9.17) is 34.8 Å².